The predicted octanol–water partition coefficient (Wildman–Crippen LogP) is -0.753. The zero-order valence-corrected chi connectivity index (χ0v) is 4.68. The monoisotopic (exact) mass is 114 g/mol. The van der Waals surface area contributed by atoms with Crippen LogP contribution in [0.1, 0.15) is 0 Å². The molecule has 0 amide bonds. The third-order valence-electron chi connectivity index (χ3n) is 0.682. The van der Waals surface area contributed by atoms with Gasteiger partial charge in [0.05, 0.1) is 6.54 Å². The Hall–Kier alpha value is -0.830. The highest BCUT2D eigenvalue weighted by Gasteiger charge is 1.83. The number of aldehydes is 1. The first-order chi connectivity index (χ1) is 3.81. The first kappa shape index (κ1) is 7.17. The molecule has 0 atom stereocenters. The molecular weight excluding hydrogens is 104 g/mol. The van der Waals surface area contributed by atoms with Gasteiger partial charge in [-0.15, -0.1) is 0 Å². The molecule has 0 aromatic rings. The van der Waals surface area contributed by atoms with Gasteiger partial charge in [0.1, 0.15) is 6.29 Å². The Kier molecular flexibility index (Phi) is 3.88. The summed E-state index contributed by atoms with van der Waals surface area (Å²) in [4.78, 5) is 9.68. The van der Waals surface area contributed by atoms with E-state index in [-0.39, 0.29) is 0 Å². The highest BCUT2D eigenvalue weighted by molar-refractivity contribution is 5.52. The summed E-state index contributed by atoms with van der Waals surface area (Å²) in [5, 5.41) is 2.69. The van der Waals surface area contributed by atoms with E-state index in [0.717, 1.165) is 6.29 Å². The van der Waals surface area contributed by atoms with Crippen molar-refractivity contribution in [3.8, 4) is 0 Å². The standard InChI is InChI=1S/C5H10N2O/c1-5(4-6)7-2-3-8/h3,7H,1-2,4,6H2. The number of carbonyl (C=O) groups is 1. The average molecular weight is 114 g/mol. The van der Waals surface area contributed by atoms with Crippen LogP contribution in [0.25, 0.3) is 0 Å². The van der Waals surface area contributed by atoms with E-state index in [4.69, 9.17) is 5.73 Å². The second-order valence-corrected chi connectivity index (χ2v) is 1.36. The molecule has 0 heterocycles. The van der Waals surface area contributed by atoms with Crippen LogP contribution in [0.15, 0.2) is 12.3 Å². The normalized spacial score (nSPS) is 8.12. The van der Waals surface area contributed by atoms with Crippen LogP contribution in [-0.2, 0) is 4.79 Å². The van der Waals surface area contributed by atoms with Gasteiger partial charge in [-0.2, -0.15) is 0 Å². The van der Waals surface area contributed by atoms with Crippen LogP contribution in [0.4, 0.5) is 0 Å². The first-order valence-electron chi connectivity index (χ1n) is 2.36. The lowest BCUT2D eigenvalue weighted by Gasteiger charge is -1.99. The van der Waals surface area contributed by atoms with Crippen LogP contribution in [0.3, 0.4) is 0 Å². The minimum absolute atomic E-state index is 0.302. The van der Waals surface area contributed by atoms with Crippen LogP contribution < -0.4 is 11.1 Å². The molecule has 0 aliphatic carbocycles. The van der Waals surface area contributed by atoms with Crippen LogP contribution in [0, 0.1) is 0 Å². The van der Waals surface area contributed by atoms with Crippen LogP contribution in [0.2, 0.25) is 0 Å². The molecule has 46 valence electrons. The van der Waals surface area contributed by atoms with E-state index >= 15 is 0 Å². The largest absolute Gasteiger partial charge is 0.381 e. The Bertz CT molecular complexity index is 90.4. The van der Waals surface area contributed by atoms with Crippen molar-refractivity contribution >= 4 is 6.29 Å². The second kappa shape index (κ2) is 4.33. The van der Waals surface area contributed by atoms with Gasteiger partial charge in [-0.1, -0.05) is 6.58 Å². The van der Waals surface area contributed by atoms with E-state index in [1.807, 2.05) is 0 Å². The molecule has 3 nitrogen and oxygen atoms in total. The van der Waals surface area contributed by atoms with Gasteiger partial charge in [0, 0.05) is 12.2 Å². The lowest BCUT2D eigenvalue weighted by atomic mass is 10.5. The molecule has 0 aliphatic heterocycles. The van der Waals surface area contributed by atoms with E-state index in [2.05, 4.69) is 11.9 Å². The van der Waals surface area contributed by atoms with Crippen molar-refractivity contribution in [1.29, 1.82) is 0 Å². The molecule has 0 saturated heterocycles. The minimum Gasteiger partial charge on any atom is -0.381 e. The lowest BCUT2D eigenvalue weighted by Crippen LogP contribution is -2.20. The van der Waals surface area contributed by atoms with Crippen LogP contribution >= 0.6 is 0 Å². The fraction of sp³-hybridized carbons (Fsp3) is 0.400. The first-order valence-corrected chi connectivity index (χ1v) is 2.36. The third-order valence-corrected chi connectivity index (χ3v) is 0.682. The summed E-state index contributed by atoms with van der Waals surface area (Å²) in [5.74, 6) is 0. The maximum atomic E-state index is 9.68. The molecule has 0 bridgehead atoms. The van der Waals surface area contributed by atoms with E-state index in [1.54, 1.807) is 0 Å². The SMILES string of the molecule is C=C(CN)NCC=O. The zero-order valence-electron chi connectivity index (χ0n) is 4.68. The Morgan fingerprint density at radius 3 is 2.88 bits per heavy atom. The molecule has 3 N–H and O–H groups in total. The highest BCUT2D eigenvalue weighted by atomic mass is 16.1. The van der Waals surface area contributed by atoms with E-state index in [0.29, 0.717) is 18.8 Å². The molecule has 0 aromatic carbocycles. The van der Waals surface area contributed by atoms with E-state index in [9.17, 15) is 4.79 Å². The summed E-state index contributed by atoms with van der Waals surface area (Å²) < 4.78 is 0. The molecular formula is C5H10N2O. The van der Waals surface area contributed by atoms with Crippen molar-refractivity contribution in [3.63, 3.8) is 0 Å². The highest BCUT2D eigenvalue weighted by Crippen LogP contribution is 1.72. The maximum Gasteiger partial charge on any atom is 0.139 e. The lowest BCUT2D eigenvalue weighted by molar-refractivity contribution is -0.107. The average Bonchev–Trinajstić information content (AvgIpc) is 1.83. The molecule has 0 radical (unpaired) electrons. The molecule has 0 fully saturated rings. The van der Waals surface area contributed by atoms with Crippen molar-refractivity contribution in [2.24, 2.45) is 5.73 Å². The van der Waals surface area contributed by atoms with Crippen molar-refractivity contribution in [1.82, 2.24) is 5.32 Å². The van der Waals surface area contributed by atoms with Crippen molar-refractivity contribution in [2.45, 2.75) is 0 Å². The molecule has 0 aliphatic rings. The minimum atomic E-state index is 0.302. The van der Waals surface area contributed by atoms with Gasteiger partial charge in [-0.25, -0.2) is 0 Å². The molecule has 0 aromatic heterocycles. The van der Waals surface area contributed by atoms with Gasteiger partial charge in [-0.3, -0.25) is 0 Å². The number of hydrogen-bond acceptors (Lipinski definition) is 3. The fourth-order valence-corrected chi connectivity index (χ4v) is 0.258. The van der Waals surface area contributed by atoms with Crippen molar-refractivity contribution in [3.05, 3.63) is 12.3 Å². The smallest absolute Gasteiger partial charge is 0.139 e. The number of rotatable bonds is 4. The summed E-state index contributed by atoms with van der Waals surface area (Å²) in [6, 6.07) is 0. The molecule has 8 heavy (non-hydrogen) atoms. The van der Waals surface area contributed by atoms with Crippen molar-refractivity contribution < 1.29 is 4.79 Å². The quantitative estimate of drug-likeness (QED) is 0.473. The van der Waals surface area contributed by atoms with Crippen LogP contribution in [-0.4, -0.2) is 19.4 Å². The van der Waals surface area contributed by atoms with Gasteiger partial charge in [0.2, 0.25) is 0 Å². The van der Waals surface area contributed by atoms with E-state index < -0.39 is 0 Å². The summed E-state index contributed by atoms with van der Waals surface area (Å²) in [6.45, 7) is 4.20. The zero-order chi connectivity index (χ0) is 6.41. The van der Waals surface area contributed by atoms with Gasteiger partial charge in [0.25, 0.3) is 0 Å². The topological polar surface area (TPSA) is 55.1 Å². The number of carbonyl (C=O) groups excluding carboxylic acids is 1. The molecule has 0 saturated carbocycles. The predicted molar refractivity (Wildman–Crippen MR) is 32.3 cm³/mol. The molecule has 0 unspecified atom stereocenters. The van der Waals surface area contributed by atoms with E-state index in [1.165, 1.54) is 0 Å². The Morgan fingerprint density at radius 1 is 1.88 bits per heavy atom. The Balaban J connectivity index is 3.11. The van der Waals surface area contributed by atoms with Crippen LogP contribution in [0.5, 0.6) is 0 Å². The number of nitrogens with two attached hydrogens (primary N) is 1. The maximum absolute atomic E-state index is 9.68. The summed E-state index contributed by atoms with van der Waals surface area (Å²) in [6.07, 6.45) is 0.765. The Labute approximate surface area is 48.6 Å². The molecule has 0 rings (SSSR count). The van der Waals surface area contributed by atoms with Gasteiger partial charge >= 0.3 is 0 Å². The third kappa shape index (κ3) is 3.36. The van der Waals surface area contributed by atoms with Gasteiger partial charge < -0.3 is 15.8 Å². The van der Waals surface area contributed by atoms with Gasteiger partial charge in [-0.05, 0) is 0 Å². The fourth-order valence-electron chi connectivity index (χ4n) is 0.258. The molecule has 0 spiro atoms. The number of hydrogen-bond donors (Lipinski definition) is 2. The van der Waals surface area contributed by atoms with Gasteiger partial charge in [0.15, 0.2) is 0 Å². The Morgan fingerprint density at radius 2 is 2.50 bits per heavy atom. The van der Waals surface area contributed by atoms with Crippen molar-refractivity contribution in [2.75, 3.05) is 13.1 Å². The number of nitrogens with one attached hydrogen (secondary N) is 1. The summed E-state index contributed by atoms with van der Waals surface area (Å²) in [7, 11) is 0. The second-order valence-electron chi connectivity index (χ2n) is 1.36. The summed E-state index contributed by atoms with van der Waals surface area (Å²) >= 11 is 0. The summed E-state index contributed by atoms with van der Waals surface area (Å²) in [5.41, 5.74) is 5.83. The molecule has 3 heteroatoms.